The molecule has 4 aliphatic rings. The van der Waals surface area contributed by atoms with Gasteiger partial charge in [-0.25, -0.2) is 9.67 Å². The number of alkyl halides is 3. The van der Waals surface area contributed by atoms with Crippen LogP contribution in [0.15, 0.2) is 47.5 Å². The molecule has 3 fully saturated rings. The predicted octanol–water partition coefficient (Wildman–Crippen LogP) is 5.81. The predicted molar refractivity (Wildman–Crippen MR) is 154 cm³/mol. The van der Waals surface area contributed by atoms with Crippen LogP contribution in [0.5, 0.6) is 11.6 Å². The second kappa shape index (κ2) is 9.05. The number of anilines is 1. The Labute approximate surface area is 244 Å². The largest absolute Gasteiger partial charge is 0.497 e. The van der Waals surface area contributed by atoms with Crippen molar-refractivity contribution >= 4 is 21.9 Å². The molecule has 5 heterocycles. The number of pyridine rings is 1. The number of halogens is 3. The number of amides is 1. The number of piperidine rings is 1. The molecule has 3 aliphatic heterocycles. The minimum absolute atomic E-state index is 0.0696. The van der Waals surface area contributed by atoms with E-state index in [0.29, 0.717) is 23.1 Å². The van der Waals surface area contributed by atoms with Crippen LogP contribution in [-0.4, -0.2) is 63.7 Å². The molecule has 0 spiro atoms. The number of methoxy groups -OCH3 is 1. The van der Waals surface area contributed by atoms with E-state index < -0.39 is 28.4 Å². The Morgan fingerprint density at radius 3 is 2.64 bits per heavy atom. The summed E-state index contributed by atoms with van der Waals surface area (Å²) < 4.78 is 55.9. The summed E-state index contributed by atoms with van der Waals surface area (Å²) in [6, 6.07) is 11.2. The monoisotopic (exact) mass is 601 g/mol. The van der Waals surface area contributed by atoms with Gasteiger partial charge in [-0.3, -0.25) is 4.79 Å². The summed E-state index contributed by atoms with van der Waals surface area (Å²) in [7, 11) is 0.0298. The quantitative estimate of drug-likeness (QED) is 0.384. The Hall–Kier alpha value is -3.41. The van der Waals surface area contributed by atoms with Crippen LogP contribution in [0.1, 0.15) is 49.0 Å². The third-order valence-corrected chi connectivity index (χ3v) is 13.8. The summed E-state index contributed by atoms with van der Waals surface area (Å²) in [4.78, 5) is 22.3. The summed E-state index contributed by atoms with van der Waals surface area (Å²) in [5.74, 6) is 3.27. The van der Waals surface area contributed by atoms with Gasteiger partial charge in [-0.2, -0.15) is 13.2 Å². The summed E-state index contributed by atoms with van der Waals surface area (Å²) in [6.07, 6.45) is -1.56. The molecule has 3 unspecified atom stereocenters. The molecule has 42 heavy (non-hydrogen) atoms. The average molecular weight is 602 g/mol. The molecule has 3 aromatic rings. The molecular weight excluding hydrogens is 567 g/mol. The van der Waals surface area contributed by atoms with Gasteiger partial charge in [-0.05, 0) is 81.8 Å². The number of benzene rings is 1. The highest BCUT2D eigenvalue weighted by atomic mass is 32.3. The van der Waals surface area contributed by atoms with E-state index in [1.807, 2.05) is 12.1 Å². The molecule has 0 radical (unpaired) electrons. The Balaban J connectivity index is 1.22. The summed E-state index contributed by atoms with van der Waals surface area (Å²) >= 11 is 0. The van der Waals surface area contributed by atoms with Crippen LogP contribution in [0, 0.1) is 18.3 Å². The average Bonchev–Trinajstić information content (AvgIpc) is 3.59. The van der Waals surface area contributed by atoms with E-state index in [0.717, 1.165) is 30.0 Å². The molecule has 7 rings (SSSR count). The lowest BCUT2D eigenvalue weighted by Gasteiger charge is -2.67. The van der Waals surface area contributed by atoms with Crippen molar-refractivity contribution in [1.82, 2.24) is 19.5 Å². The summed E-state index contributed by atoms with van der Waals surface area (Å²) in [5.41, 5.74) is -0.383. The highest BCUT2D eigenvalue weighted by Gasteiger charge is 2.64. The zero-order chi connectivity index (χ0) is 29.7. The Bertz CT molecular complexity index is 1590. The first kappa shape index (κ1) is 27.4. The lowest BCUT2D eigenvalue weighted by Crippen LogP contribution is -2.67. The van der Waals surface area contributed by atoms with Crippen molar-refractivity contribution in [2.24, 2.45) is 11.3 Å². The molecule has 1 N–H and O–H groups in total. The number of rotatable bonds is 6. The molecule has 2 aromatic heterocycles. The first-order chi connectivity index (χ1) is 19.9. The van der Waals surface area contributed by atoms with Crippen molar-refractivity contribution in [3.05, 3.63) is 53.7 Å². The van der Waals surface area contributed by atoms with E-state index in [-0.39, 0.29) is 35.4 Å². The van der Waals surface area contributed by atoms with Gasteiger partial charge in [0.2, 0.25) is 5.88 Å². The minimum atomic E-state index is -4.29. The zero-order valence-corrected chi connectivity index (χ0v) is 24.8. The van der Waals surface area contributed by atoms with E-state index in [9.17, 15) is 18.0 Å². The van der Waals surface area contributed by atoms with Crippen LogP contribution in [0.3, 0.4) is 0 Å². The van der Waals surface area contributed by atoms with Crippen LogP contribution < -0.4 is 19.1 Å². The molecule has 8 nitrogen and oxygen atoms in total. The number of nitrogens with one attached hydrogen (secondary N) is 1. The second-order valence-corrected chi connectivity index (χ2v) is 15.8. The SMILES string of the molecule is COc1ccc(S23CC4CC(C)(C)N(CC42)c2nc(-n4ccc(OCC5(C(F)(F)F)CC5)n4)ccc2C(=O)N3)c(C)c1. The van der Waals surface area contributed by atoms with Gasteiger partial charge in [0.25, 0.3) is 5.91 Å². The minimum Gasteiger partial charge on any atom is -0.497 e. The maximum Gasteiger partial charge on any atom is 0.397 e. The molecule has 2 bridgehead atoms. The van der Waals surface area contributed by atoms with Gasteiger partial charge in [0.05, 0.1) is 12.7 Å². The van der Waals surface area contributed by atoms with Crippen LogP contribution in [0.4, 0.5) is 19.0 Å². The third-order valence-electron chi connectivity index (χ3n) is 9.54. The summed E-state index contributed by atoms with van der Waals surface area (Å²) in [5, 5.41) is 4.64. The van der Waals surface area contributed by atoms with Gasteiger partial charge in [-0.15, -0.1) is 15.3 Å². The number of carbonyl (C=O) groups excluding carboxylic acids is 1. The number of aromatic nitrogens is 3. The van der Waals surface area contributed by atoms with Crippen LogP contribution in [0.2, 0.25) is 0 Å². The molecular formula is C30H34F3N5O3S. The van der Waals surface area contributed by atoms with Gasteiger partial charge in [-0.1, -0.05) is 0 Å². The van der Waals surface area contributed by atoms with Gasteiger partial charge < -0.3 is 19.1 Å². The fraction of sp³-hybridized carbons (Fsp3) is 0.500. The van der Waals surface area contributed by atoms with Crippen molar-refractivity contribution in [3.63, 3.8) is 0 Å². The van der Waals surface area contributed by atoms with Crippen molar-refractivity contribution in [1.29, 1.82) is 0 Å². The number of hydrogen-bond acceptors (Lipinski definition) is 6. The van der Waals surface area contributed by atoms with Crippen molar-refractivity contribution in [3.8, 4) is 17.4 Å². The zero-order valence-electron chi connectivity index (χ0n) is 24.0. The Morgan fingerprint density at radius 1 is 1.17 bits per heavy atom. The Kier molecular flexibility index (Phi) is 5.91. The first-order valence-electron chi connectivity index (χ1n) is 14.2. The highest BCUT2D eigenvalue weighted by Crippen LogP contribution is 2.72. The fourth-order valence-corrected chi connectivity index (χ4v) is 11.3. The van der Waals surface area contributed by atoms with Crippen molar-refractivity contribution < 1.29 is 27.4 Å². The van der Waals surface area contributed by atoms with E-state index in [4.69, 9.17) is 14.5 Å². The first-order valence-corrected chi connectivity index (χ1v) is 16.0. The van der Waals surface area contributed by atoms with E-state index in [1.54, 1.807) is 25.4 Å². The number of ether oxygens (including phenoxy) is 2. The second-order valence-electron chi connectivity index (χ2n) is 12.7. The molecule has 224 valence electrons. The van der Waals surface area contributed by atoms with Gasteiger partial charge in [0, 0.05) is 40.2 Å². The van der Waals surface area contributed by atoms with E-state index in [1.165, 1.54) is 15.6 Å². The third kappa shape index (κ3) is 4.08. The normalized spacial score (nSPS) is 28.3. The topological polar surface area (TPSA) is 81.5 Å². The van der Waals surface area contributed by atoms with Gasteiger partial charge in [0.1, 0.15) is 23.6 Å². The van der Waals surface area contributed by atoms with E-state index in [2.05, 4.69) is 41.6 Å². The maximum atomic E-state index is 14.0. The Morgan fingerprint density at radius 2 is 1.95 bits per heavy atom. The molecule has 3 atom stereocenters. The number of carbonyl (C=O) groups is 1. The molecule has 1 saturated carbocycles. The van der Waals surface area contributed by atoms with Crippen molar-refractivity contribution in [2.75, 3.05) is 30.9 Å². The molecule has 1 amide bonds. The highest BCUT2D eigenvalue weighted by molar-refractivity contribution is 8.34. The lowest BCUT2D eigenvalue weighted by molar-refractivity contribution is -0.194. The standard InChI is InChI=1S/C30H34F3N5O3S/c1-18-13-20(40-4)5-7-22(18)42-16-19-14-28(2,3)37(15-23(19)42)26-21(27(39)36-42)6-8-24(34-26)38-12-9-25(35-38)41-17-29(10-11-29)30(31,32)33/h5-9,12-13,19,23H,10-11,14-17H2,1-4H3,(H,36,39). The smallest absolute Gasteiger partial charge is 0.397 e. The lowest BCUT2D eigenvalue weighted by atomic mass is 9.82. The fourth-order valence-electron chi connectivity index (χ4n) is 6.93. The molecule has 1 aromatic carbocycles. The number of nitrogens with zero attached hydrogens (tertiary/aromatic N) is 4. The maximum absolute atomic E-state index is 14.0. The van der Waals surface area contributed by atoms with E-state index >= 15 is 0 Å². The van der Waals surface area contributed by atoms with Gasteiger partial charge in [0.15, 0.2) is 5.82 Å². The van der Waals surface area contributed by atoms with Gasteiger partial charge >= 0.3 is 6.18 Å². The van der Waals surface area contributed by atoms with Crippen LogP contribution in [0.25, 0.3) is 5.82 Å². The number of aryl methyl sites for hydroxylation is 1. The molecule has 12 heteroatoms. The van der Waals surface area contributed by atoms with Crippen molar-refractivity contribution in [2.45, 2.75) is 61.9 Å². The molecule has 1 aliphatic carbocycles. The molecule has 2 saturated heterocycles. The summed E-state index contributed by atoms with van der Waals surface area (Å²) in [6.45, 7) is 6.79. The number of hydrogen-bond donors (Lipinski definition) is 1. The number of fused-ring (bicyclic) bond motifs is 3. The van der Waals surface area contributed by atoms with Crippen LogP contribution in [-0.2, 0) is 0 Å². The van der Waals surface area contributed by atoms with Crippen LogP contribution >= 0.6 is 10.2 Å².